The van der Waals surface area contributed by atoms with Crippen LogP contribution in [0.25, 0.3) is 11.0 Å². The molecule has 0 aromatic carbocycles. The maximum atomic E-state index is 11.5. The van der Waals surface area contributed by atoms with Crippen LogP contribution in [0.2, 0.25) is 0 Å². The molecule has 6 nitrogen and oxygen atoms in total. The van der Waals surface area contributed by atoms with Crippen molar-refractivity contribution in [2.45, 2.75) is 24.8 Å². The van der Waals surface area contributed by atoms with Gasteiger partial charge in [0, 0.05) is 17.7 Å². The summed E-state index contributed by atoms with van der Waals surface area (Å²) in [5.74, 6) is 0.0161. The van der Waals surface area contributed by atoms with Crippen LogP contribution < -0.4 is 5.73 Å². The van der Waals surface area contributed by atoms with Gasteiger partial charge < -0.3 is 5.73 Å². The minimum atomic E-state index is -3.36. The minimum Gasteiger partial charge on any atom is -0.383 e. The van der Waals surface area contributed by atoms with Crippen LogP contribution in [0.15, 0.2) is 17.2 Å². The molecule has 2 N–H and O–H groups in total. The van der Waals surface area contributed by atoms with Crippen molar-refractivity contribution in [2.24, 2.45) is 0 Å². The van der Waals surface area contributed by atoms with Crippen LogP contribution in [-0.4, -0.2) is 29.4 Å². The number of aromatic nitrogens is 3. The highest BCUT2D eigenvalue weighted by molar-refractivity contribution is 7.90. The van der Waals surface area contributed by atoms with Gasteiger partial charge in [0.15, 0.2) is 15.5 Å². The maximum Gasteiger partial charge on any atom is 0.179 e. The predicted octanol–water partition coefficient (Wildman–Crippen LogP) is 0.998. The molecule has 92 valence electrons. The number of hydrogen-bond acceptors (Lipinski definition) is 5. The number of sulfone groups is 1. The molecule has 2 rings (SSSR count). The molecule has 17 heavy (non-hydrogen) atoms. The second-order valence-electron chi connectivity index (χ2n) is 4.24. The van der Waals surface area contributed by atoms with Gasteiger partial charge in [-0.2, -0.15) is 5.10 Å². The predicted molar refractivity (Wildman–Crippen MR) is 65.4 cm³/mol. The molecule has 0 spiro atoms. The summed E-state index contributed by atoms with van der Waals surface area (Å²) in [7, 11) is -3.36. The van der Waals surface area contributed by atoms with E-state index in [0.717, 1.165) is 6.26 Å². The lowest BCUT2D eigenvalue weighted by Gasteiger charge is -2.07. The summed E-state index contributed by atoms with van der Waals surface area (Å²) < 4.78 is 24.7. The summed E-state index contributed by atoms with van der Waals surface area (Å²) >= 11 is 0. The lowest BCUT2D eigenvalue weighted by Crippen LogP contribution is -2.07. The maximum absolute atomic E-state index is 11.5. The van der Waals surface area contributed by atoms with Crippen molar-refractivity contribution >= 4 is 26.7 Å². The third kappa shape index (κ3) is 1.97. The molecule has 0 unspecified atom stereocenters. The summed E-state index contributed by atoms with van der Waals surface area (Å²) in [5, 5.41) is 4.84. The molecule has 0 radical (unpaired) electrons. The van der Waals surface area contributed by atoms with Crippen LogP contribution in [0.5, 0.6) is 0 Å². The monoisotopic (exact) mass is 254 g/mol. The van der Waals surface area contributed by atoms with E-state index in [1.54, 1.807) is 10.9 Å². The van der Waals surface area contributed by atoms with E-state index in [2.05, 4.69) is 10.1 Å². The van der Waals surface area contributed by atoms with Gasteiger partial charge in [0.05, 0.1) is 6.20 Å². The molecule has 0 atom stereocenters. The smallest absolute Gasteiger partial charge is 0.179 e. The van der Waals surface area contributed by atoms with Crippen molar-refractivity contribution in [3.05, 3.63) is 12.3 Å². The molecule has 2 heterocycles. The Morgan fingerprint density at radius 1 is 1.41 bits per heavy atom. The highest BCUT2D eigenvalue weighted by atomic mass is 32.2. The summed E-state index contributed by atoms with van der Waals surface area (Å²) in [5.41, 5.74) is 6.27. The Hall–Kier alpha value is -1.63. The number of anilines is 1. The van der Waals surface area contributed by atoms with Gasteiger partial charge in [0.1, 0.15) is 10.7 Å². The fourth-order valence-electron chi connectivity index (χ4n) is 1.65. The standard InChI is InChI=1S/C10H14N4O2S/c1-6(2)14-10-7(5-12-14)4-8(9(11)13-10)17(3,15)16/h4-6H,1-3H3,(H2,11,13). The lowest BCUT2D eigenvalue weighted by atomic mass is 10.3. The molecule has 2 aromatic rings. The first-order valence-corrected chi connectivity index (χ1v) is 7.03. The minimum absolute atomic E-state index is 0.0161. The Kier molecular flexibility index (Phi) is 2.57. The normalized spacial score (nSPS) is 12.5. The summed E-state index contributed by atoms with van der Waals surface area (Å²) in [6.45, 7) is 3.93. The SMILES string of the molecule is CC(C)n1ncc2cc(S(C)(=O)=O)c(N)nc21. The largest absolute Gasteiger partial charge is 0.383 e. The van der Waals surface area contributed by atoms with Crippen LogP contribution in [-0.2, 0) is 9.84 Å². The van der Waals surface area contributed by atoms with Crippen molar-refractivity contribution in [3.8, 4) is 0 Å². The zero-order chi connectivity index (χ0) is 12.8. The summed E-state index contributed by atoms with van der Waals surface area (Å²) in [6.07, 6.45) is 2.70. The zero-order valence-corrected chi connectivity index (χ0v) is 10.7. The quantitative estimate of drug-likeness (QED) is 0.863. The highest BCUT2D eigenvalue weighted by Crippen LogP contribution is 2.23. The Morgan fingerprint density at radius 2 is 2.06 bits per heavy atom. The topological polar surface area (TPSA) is 90.9 Å². The molecule has 0 fully saturated rings. The Bertz CT molecular complexity index is 673. The van der Waals surface area contributed by atoms with E-state index >= 15 is 0 Å². The van der Waals surface area contributed by atoms with Gasteiger partial charge in [-0.3, -0.25) is 0 Å². The molecule has 0 aliphatic heterocycles. The van der Waals surface area contributed by atoms with Gasteiger partial charge in [-0.05, 0) is 19.9 Å². The fourth-order valence-corrected chi connectivity index (χ4v) is 2.41. The van der Waals surface area contributed by atoms with Crippen LogP contribution >= 0.6 is 0 Å². The first-order valence-electron chi connectivity index (χ1n) is 5.14. The van der Waals surface area contributed by atoms with Gasteiger partial charge in [-0.1, -0.05) is 0 Å². The highest BCUT2D eigenvalue weighted by Gasteiger charge is 2.16. The average molecular weight is 254 g/mol. The number of hydrogen-bond donors (Lipinski definition) is 1. The Morgan fingerprint density at radius 3 is 2.59 bits per heavy atom. The van der Waals surface area contributed by atoms with Gasteiger partial charge >= 0.3 is 0 Å². The molecular formula is C10H14N4O2S. The van der Waals surface area contributed by atoms with E-state index in [9.17, 15) is 8.42 Å². The van der Waals surface area contributed by atoms with E-state index in [1.165, 1.54) is 6.07 Å². The van der Waals surface area contributed by atoms with Gasteiger partial charge in [0.25, 0.3) is 0 Å². The van der Waals surface area contributed by atoms with Gasteiger partial charge in [0.2, 0.25) is 0 Å². The Labute approximate surface area is 99.4 Å². The third-order valence-electron chi connectivity index (χ3n) is 2.45. The first kappa shape index (κ1) is 11.8. The molecule has 0 saturated heterocycles. The molecule has 0 saturated carbocycles. The van der Waals surface area contributed by atoms with E-state index < -0.39 is 9.84 Å². The third-order valence-corrected chi connectivity index (χ3v) is 3.58. The van der Waals surface area contributed by atoms with Gasteiger partial charge in [-0.25, -0.2) is 18.1 Å². The number of nitrogen functional groups attached to an aromatic ring is 1. The number of fused-ring (bicyclic) bond motifs is 1. The van der Waals surface area contributed by atoms with Crippen molar-refractivity contribution in [2.75, 3.05) is 12.0 Å². The number of nitrogens with zero attached hydrogens (tertiary/aromatic N) is 3. The molecule has 0 aliphatic carbocycles. The van der Waals surface area contributed by atoms with E-state index in [1.807, 2.05) is 13.8 Å². The second kappa shape index (κ2) is 3.69. The molecule has 7 heteroatoms. The molecule has 0 aliphatic rings. The molecular weight excluding hydrogens is 240 g/mol. The molecule has 0 amide bonds. The summed E-state index contributed by atoms with van der Waals surface area (Å²) in [6, 6.07) is 1.65. The van der Waals surface area contributed by atoms with Crippen molar-refractivity contribution in [1.29, 1.82) is 0 Å². The lowest BCUT2D eigenvalue weighted by molar-refractivity contribution is 0.546. The second-order valence-corrected chi connectivity index (χ2v) is 6.22. The van der Waals surface area contributed by atoms with Crippen LogP contribution in [0.1, 0.15) is 19.9 Å². The number of nitrogens with two attached hydrogens (primary N) is 1. The number of rotatable bonds is 2. The van der Waals surface area contributed by atoms with Crippen LogP contribution in [0, 0.1) is 0 Å². The van der Waals surface area contributed by atoms with E-state index in [0.29, 0.717) is 11.0 Å². The van der Waals surface area contributed by atoms with Crippen molar-refractivity contribution in [3.63, 3.8) is 0 Å². The Balaban J connectivity index is 2.77. The van der Waals surface area contributed by atoms with E-state index in [4.69, 9.17) is 5.73 Å². The van der Waals surface area contributed by atoms with Crippen LogP contribution in [0.4, 0.5) is 5.82 Å². The summed E-state index contributed by atoms with van der Waals surface area (Å²) in [4.78, 5) is 4.17. The average Bonchev–Trinajstić information content (AvgIpc) is 2.57. The van der Waals surface area contributed by atoms with Crippen molar-refractivity contribution in [1.82, 2.24) is 14.8 Å². The van der Waals surface area contributed by atoms with Crippen molar-refractivity contribution < 1.29 is 8.42 Å². The van der Waals surface area contributed by atoms with E-state index in [-0.39, 0.29) is 16.8 Å². The zero-order valence-electron chi connectivity index (χ0n) is 9.88. The first-order chi connectivity index (χ1) is 7.80. The molecule has 0 bridgehead atoms. The number of pyridine rings is 1. The fraction of sp³-hybridized carbons (Fsp3) is 0.400. The van der Waals surface area contributed by atoms with Crippen LogP contribution in [0.3, 0.4) is 0 Å². The molecule has 2 aromatic heterocycles. The van der Waals surface area contributed by atoms with Gasteiger partial charge in [-0.15, -0.1) is 0 Å².